The average Bonchev–Trinajstić information content (AvgIpc) is 3.37. The van der Waals surface area contributed by atoms with Gasteiger partial charge in [-0.15, -0.1) is 0 Å². The molecule has 4 aromatic rings. The van der Waals surface area contributed by atoms with Gasteiger partial charge in [-0.1, -0.05) is 69.9 Å². The largest absolute Gasteiger partial charge is 0.508 e. The number of rotatable bonds is 6. The number of halogens is 1. The van der Waals surface area contributed by atoms with Crippen LogP contribution >= 0.6 is 11.6 Å². The van der Waals surface area contributed by atoms with E-state index in [2.05, 4.69) is 17.2 Å². The number of nitrogens with zero attached hydrogens (tertiary/aromatic N) is 2. The molecule has 6 nitrogen and oxygen atoms in total. The van der Waals surface area contributed by atoms with Crippen LogP contribution in [0.2, 0.25) is 5.02 Å². The Hall–Kier alpha value is -2.73. The third-order valence-electron chi connectivity index (χ3n) is 5.32. The fourth-order valence-corrected chi connectivity index (χ4v) is 3.95. The van der Waals surface area contributed by atoms with E-state index >= 15 is 0 Å². The predicted molar refractivity (Wildman–Crippen MR) is 130 cm³/mol. The minimum atomic E-state index is 0. The minimum absolute atomic E-state index is 0. The summed E-state index contributed by atoms with van der Waals surface area (Å²) in [5.74, 6) is 0.429. The van der Waals surface area contributed by atoms with E-state index in [1.807, 2.05) is 26.8 Å². The first kappa shape index (κ1) is 25.5. The van der Waals surface area contributed by atoms with E-state index in [9.17, 15) is 10.2 Å². The summed E-state index contributed by atoms with van der Waals surface area (Å²) in [5.41, 5.74) is 4.89. The lowest BCUT2D eigenvalue weighted by Gasteiger charge is -2.05. The molecule has 0 saturated heterocycles. The van der Waals surface area contributed by atoms with Gasteiger partial charge in [-0.2, -0.15) is 0 Å². The maximum atomic E-state index is 9.89. The lowest BCUT2D eigenvalue weighted by molar-refractivity contribution is 0.435. The van der Waals surface area contributed by atoms with Crippen LogP contribution in [0.25, 0.3) is 21.9 Å². The summed E-state index contributed by atoms with van der Waals surface area (Å²) < 4.78 is 10.6. The van der Waals surface area contributed by atoms with Crippen molar-refractivity contribution >= 4 is 33.5 Å². The molecule has 0 aliphatic heterocycles. The monoisotopic (exact) mass is 460 g/mol. The quantitative estimate of drug-likeness (QED) is 0.311. The Labute approximate surface area is 194 Å². The molecule has 32 heavy (non-hydrogen) atoms. The van der Waals surface area contributed by atoms with Crippen LogP contribution in [-0.4, -0.2) is 20.5 Å². The number of hydrogen-bond donors (Lipinski definition) is 2. The highest BCUT2D eigenvalue weighted by Crippen LogP contribution is 2.37. The van der Waals surface area contributed by atoms with Gasteiger partial charge in [0.05, 0.1) is 16.4 Å². The highest BCUT2D eigenvalue weighted by atomic mass is 35.5. The van der Waals surface area contributed by atoms with E-state index in [0.717, 1.165) is 77.4 Å². The summed E-state index contributed by atoms with van der Waals surface area (Å²) in [6, 6.07) is 5.32. The van der Waals surface area contributed by atoms with E-state index in [-0.39, 0.29) is 13.2 Å². The molecule has 2 aromatic carbocycles. The zero-order chi connectivity index (χ0) is 22.5. The Kier molecular flexibility index (Phi) is 8.96. The van der Waals surface area contributed by atoms with Crippen molar-refractivity contribution in [1.82, 2.24) is 10.3 Å². The molecule has 0 atom stereocenters. The van der Waals surface area contributed by atoms with Gasteiger partial charge in [0.1, 0.15) is 11.5 Å². The molecule has 0 fully saturated rings. The van der Waals surface area contributed by atoms with E-state index in [0.29, 0.717) is 16.4 Å². The van der Waals surface area contributed by atoms with Gasteiger partial charge in [0, 0.05) is 21.9 Å². The maximum absolute atomic E-state index is 9.89. The summed E-state index contributed by atoms with van der Waals surface area (Å²) in [6.45, 7) is 8.18. The van der Waals surface area contributed by atoms with Crippen molar-refractivity contribution in [3.63, 3.8) is 0 Å². The van der Waals surface area contributed by atoms with Crippen molar-refractivity contribution in [3.05, 3.63) is 45.7 Å². The average molecular weight is 461 g/mol. The third kappa shape index (κ3) is 4.85. The van der Waals surface area contributed by atoms with Gasteiger partial charge >= 0.3 is 0 Å². The lowest BCUT2D eigenvalue weighted by atomic mass is 10.0. The van der Waals surface area contributed by atoms with Gasteiger partial charge in [0.2, 0.25) is 0 Å². The van der Waals surface area contributed by atoms with Crippen LogP contribution in [0.3, 0.4) is 0 Å². The van der Waals surface area contributed by atoms with Crippen LogP contribution in [0.4, 0.5) is 0 Å². The van der Waals surface area contributed by atoms with Gasteiger partial charge in [-0.25, -0.2) is 0 Å². The smallest absolute Gasteiger partial charge is 0.174 e. The second-order valence-corrected chi connectivity index (χ2v) is 7.88. The van der Waals surface area contributed by atoms with Crippen molar-refractivity contribution in [2.75, 3.05) is 0 Å². The molecule has 4 rings (SSSR count). The number of aryl methyl sites for hydroxylation is 4. The van der Waals surface area contributed by atoms with Gasteiger partial charge in [0.15, 0.2) is 11.2 Å². The number of hydrogen-bond acceptors (Lipinski definition) is 6. The van der Waals surface area contributed by atoms with Crippen molar-refractivity contribution in [2.45, 2.75) is 73.6 Å². The van der Waals surface area contributed by atoms with Gasteiger partial charge < -0.3 is 19.3 Å². The fourth-order valence-electron chi connectivity index (χ4n) is 3.73. The Bertz CT molecular complexity index is 1180. The number of aromatic hydroxyl groups is 2. The third-order valence-corrected chi connectivity index (χ3v) is 5.61. The topological polar surface area (TPSA) is 92.5 Å². The second-order valence-electron chi connectivity index (χ2n) is 7.47. The zero-order valence-corrected chi connectivity index (χ0v) is 19.2. The van der Waals surface area contributed by atoms with Crippen LogP contribution in [0.15, 0.2) is 27.2 Å². The molecule has 0 spiro atoms. The normalized spacial score (nSPS) is 10.8. The number of fused-ring (bicyclic) bond motifs is 2. The number of aromatic nitrogens is 2. The Balaban J connectivity index is 0.000000220. The molecule has 0 unspecified atom stereocenters. The molecule has 0 aliphatic rings. The van der Waals surface area contributed by atoms with Gasteiger partial charge in [-0.05, 0) is 43.9 Å². The molecular weight excluding hydrogens is 428 g/mol. The van der Waals surface area contributed by atoms with E-state index in [1.54, 1.807) is 12.1 Å². The summed E-state index contributed by atoms with van der Waals surface area (Å²) in [5, 5.41) is 29.9. The highest BCUT2D eigenvalue weighted by molar-refractivity contribution is 6.33. The van der Waals surface area contributed by atoms with E-state index in [1.165, 1.54) is 0 Å². The Morgan fingerprint density at radius 3 is 1.91 bits per heavy atom. The van der Waals surface area contributed by atoms with E-state index < -0.39 is 0 Å². The maximum Gasteiger partial charge on any atom is 0.174 e. The lowest BCUT2D eigenvalue weighted by Crippen LogP contribution is -1.87. The molecule has 174 valence electrons. The summed E-state index contributed by atoms with van der Waals surface area (Å²) in [7, 11) is 0. The van der Waals surface area contributed by atoms with Crippen LogP contribution in [0.5, 0.6) is 11.5 Å². The molecule has 0 radical (unpaired) electrons. The highest BCUT2D eigenvalue weighted by Gasteiger charge is 2.17. The van der Waals surface area contributed by atoms with E-state index in [4.69, 9.17) is 20.6 Å². The van der Waals surface area contributed by atoms with Crippen molar-refractivity contribution in [1.29, 1.82) is 0 Å². The van der Waals surface area contributed by atoms with Crippen molar-refractivity contribution in [2.24, 2.45) is 0 Å². The van der Waals surface area contributed by atoms with Crippen LogP contribution < -0.4 is 0 Å². The molecule has 0 aliphatic carbocycles. The van der Waals surface area contributed by atoms with Crippen LogP contribution in [0.1, 0.15) is 70.5 Å². The minimum Gasteiger partial charge on any atom is -0.508 e. The summed E-state index contributed by atoms with van der Waals surface area (Å²) in [4.78, 5) is 0. The molecular formula is C25H33ClN2O4. The molecule has 2 N–H and O–H groups in total. The first-order valence-corrected chi connectivity index (χ1v) is 11.2. The molecule has 0 amide bonds. The number of phenolic OH excluding ortho intramolecular Hbond substituents is 2. The zero-order valence-electron chi connectivity index (χ0n) is 18.5. The molecule has 0 bridgehead atoms. The molecule has 2 aromatic heterocycles. The first-order chi connectivity index (χ1) is 15.0. The Morgan fingerprint density at radius 1 is 0.812 bits per heavy atom. The number of phenols is 2. The van der Waals surface area contributed by atoms with Gasteiger partial charge in [0.25, 0.3) is 0 Å². The SMILES string of the molecule is C.CCCc1c(O)c(Cl)cc2c(CC)noc12.CCCc1c(O)ccc2c(CC)noc12. The number of benzene rings is 2. The predicted octanol–water partition coefficient (Wildman–Crippen LogP) is 7.39. The second kappa shape index (κ2) is 11.2. The van der Waals surface area contributed by atoms with Crippen LogP contribution in [-0.2, 0) is 25.7 Å². The summed E-state index contributed by atoms with van der Waals surface area (Å²) in [6.07, 6.45) is 5.10. The Morgan fingerprint density at radius 2 is 1.34 bits per heavy atom. The first-order valence-electron chi connectivity index (χ1n) is 10.8. The van der Waals surface area contributed by atoms with Crippen LogP contribution in [0, 0.1) is 0 Å². The summed E-state index contributed by atoms with van der Waals surface area (Å²) >= 11 is 5.99. The molecule has 2 heterocycles. The molecule has 7 heteroatoms. The standard InChI is InChI=1S/C12H14ClNO2.C12H15NO2.CH4/c1-3-5-7-11(15)9(13)6-8-10(4-2)14-16-12(7)8;1-3-5-9-11(14)7-6-8-10(4-2)13-15-12(8)9;/h6,15H,3-5H2,1-2H3;6-7,14H,3-5H2,1-2H3;1H4. The fraction of sp³-hybridized carbons (Fsp3) is 0.440. The molecule has 0 saturated carbocycles. The van der Waals surface area contributed by atoms with Crippen molar-refractivity contribution in [3.8, 4) is 11.5 Å². The van der Waals surface area contributed by atoms with Gasteiger partial charge in [-0.3, -0.25) is 0 Å². The van der Waals surface area contributed by atoms with Crippen molar-refractivity contribution < 1.29 is 19.3 Å².